The number of hydrogen-bond acceptors (Lipinski definition) is 4. The van der Waals surface area contributed by atoms with Gasteiger partial charge in [0.05, 0.1) is 12.2 Å². The van der Waals surface area contributed by atoms with Gasteiger partial charge < -0.3 is 15.2 Å². The largest absolute Gasteiger partial charge is 0.491 e. The lowest BCUT2D eigenvalue weighted by molar-refractivity contribution is -0.137. The van der Waals surface area contributed by atoms with E-state index in [2.05, 4.69) is 10.2 Å². The highest BCUT2D eigenvalue weighted by Gasteiger charge is 2.30. The number of carbonyl (C=O) groups excluding carboxylic acids is 1. The van der Waals surface area contributed by atoms with E-state index in [1.807, 2.05) is 0 Å². The lowest BCUT2D eigenvalue weighted by atomic mass is 10.0. The number of aliphatic hydroxyl groups excluding tert-OH is 1. The van der Waals surface area contributed by atoms with Crippen LogP contribution < -0.4 is 14.9 Å². The van der Waals surface area contributed by atoms with E-state index in [0.29, 0.717) is 24.2 Å². The van der Waals surface area contributed by atoms with Gasteiger partial charge in [0.2, 0.25) is 5.91 Å². The molecule has 0 aliphatic carbocycles. The topological polar surface area (TPSA) is 70.6 Å². The van der Waals surface area contributed by atoms with Gasteiger partial charge >= 0.3 is 6.18 Å². The van der Waals surface area contributed by atoms with Gasteiger partial charge in [-0.1, -0.05) is 24.3 Å². The highest BCUT2D eigenvalue weighted by Crippen LogP contribution is 2.29. The zero-order chi connectivity index (χ0) is 22.1. The van der Waals surface area contributed by atoms with Gasteiger partial charge in [0.15, 0.2) is 0 Å². The highest BCUT2D eigenvalue weighted by atomic mass is 35.5. The molecule has 0 spiro atoms. The monoisotopic (exact) mass is 444 g/mol. The maximum atomic E-state index is 12.6. The van der Waals surface area contributed by atoms with Gasteiger partial charge in [-0.05, 0) is 66.9 Å². The van der Waals surface area contributed by atoms with E-state index in [-0.39, 0.29) is 25.2 Å². The van der Waals surface area contributed by atoms with Crippen LogP contribution in [-0.4, -0.2) is 36.3 Å². The first-order chi connectivity index (χ1) is 14.2. The third-order valence-corrected chi connectivity index (χ3v) is 4.65. The summed E-state index contributed by atoms with van der Waals surface area (Å²) in [4.78, 5) is 15.0. The minimum Gasteiger partial charge on any atom is -0.491 e. The van der Waals surface area contributed by atoms with E-state index in [1.54, 1.807) is 31.2 Å². The molecule has 2 rings (SSSR count). The Morgan fingerprint density at radius 3 is 2.17 bits per heavy atom. The molecule has 0 fully saturated rings. The van der Waals surface area contributed by atoms with Gasteiger partial charge in [-0.3, -0.25) is 4.79 Å². The maximum Gasteiger partial charge on any atom is 0.416 e. The Morgan fingerprint density at radius 2 is 1.63 bits per heavy atom. The smallest absolute Gasteiger partial charge is 0.416 e. The fourth-order valence-corrected chi connectivity index (χ4v) is 3.06. The molecule has 2 aromatic rings. The van der Waals surface area contributed by atoms with Crippen molar-refractivity contribution in [3.8, 4) is 5.75 Å². The highest BCUT2D eigenvalue weighted by molar-refractivity contribution is 6.15. The number of nitrogens with one attached hydrogen (secondary N) is 2. The number of halogens is 4. The van der Waals surface area contributed by atoms with E-state index in [9.17, 15) is 18.0 Å². The standard InChI is InChI=1S/C21H24ClF3N2O3/c1-14(12-15-2-6-17(7-3-15)21(23,24)25)26-20(29)19(27-22)13-16-4-8-18(9-5-16)30-11-10-28/h2-9,14,19,27-28H,10-13H2,1H3,(H,26,29). The Kier molecular flexibility index (Phi) is 8.95. The van der Waals surface area contributed by atoms with Crippen molar-refractivity contribution in [2.45, 2.75) is 38.0 Å². The normalized spacial score (nSPS) is 13.5. The van der Waals surface area contributed by atoms with E-state index < -0.39 is 17.8 Å². The molecule has 9 heteroatoms. The van der Waals surface area contributed by atoms with Crippen LogP contribution in [0.4, 0.5) is 13.2 Å². The van der Waals surface area contributed by atoms with Crippen LogP contribution in [0.25, 0.3) is 0 Å². The number of benzene rings is 2. The molecule has 0 bridgehead atoms. The molecular weight excluding hydrogens is 421 g/mol. The van der Waals surface area contributed by atoms with Gasteiger partial charge in [-0.2, -0.15) is 13.2 Å². The lowest BCUT2D eigenvalue weighted by Gasteiger charge is -2.19. The SMILES string of the molecule is CC(Cc1ccc(C(F)(F)F)cc1)NC(=O)C(Cc1ccc(OCCO)cc1)NCl. The Bertz CT molecular complexity index is 799. The fourth-order valence-electron chi connectivity index (χ4n) is 2.88. The fraction of sp³-hybridized carbons (Fsp3) is 0.381. The molecule has 2 aromatic carbocycles. The van der Waals surface area contributed by atoms with Crippen LogP contribution in [0.5, 0.6) is 5.75 Å². The second kappa shape index (κ2) is 11.2. The minimum atomic E-state index is -4.37. The number of aliphatic hydroxyl groups is 1. The van der Waals surface area contributed by atoms with Crippen molar-refractivity contribution in [1.29, 1.82) is 0 Å². The molecule has 2 atom stereocenters. The van der Waals surface area contributed by atoms with E-state index in [0.717, 1.165) is 17.7 Å². The number of amides is 1. The second-order valence-electron chi connectivity index (χ2n) is 6.89. The molecule has 0 radical (unpaired) electrons. The predicted molar refractivity (Wildman–Crippen MR) is 108 cm³/mol. The first-order valence-corrected chi connectivity index (χ1v) is 9.76. The van der Waals surface area contributed by atoms with Crippen LogP contribution in [0.3, 0.4) is 0 Å². The van der Waals surface area contributed by atoms with Gasteiger partial charge in [0.25, 0.3) is 0 Å². The second-order valence-corrected chi connectivity index (χ2v) is 7.11. The molecule has 0 saturated heterocycles. The number of alkyl halides is 3. The van der Waals surface area contributed by atoms with Crippen molar-refractivity contribution in [2.75, 3.05) is 13.2 Å². The van der Waals surface area contributed by atoms with Crippen LogP contribution in [0.2, 0.25) is 0 Å². The number of ether oxygens (including phenoxy) is 1. The predicted octanol–water partition coefficient (Wildman–Crippen LogP) is 3.48. The van der Waals surface area contributed by atoms with Crippen molar-refractivity contribution in [1.82, 2.24) is 10.2 Å². The lowest BCUT2D eigenvalue weighted by Crippen LogP contribution is -2.46. The summed E-state index contributed by atoms with van der Waals surface area (Å²) in [5, 5.41) is 11.6. The van der Waals surface area contributed by atoms with Crippen LogP contribution in [0.15, 0.2) is 48.5 Å². The molecule has 5 nitrogen and oxygen atoms in total. The van der Waals surface area contributed by atoms with E-state index >= 15 is 0 Å². The average Bonchev–Trinajstić information content (AvgIpc) is 2.70. The molecule has 164 valence electrons. The van der Waals surface area contributed by atoms with Crippen LogP contribution in [0, 0.1) is 0 Å². The van der Waals surface area contributed by atoms with Crippen molar-refractivity contribution >= 4 is 17.7 Å². The first-order valence-electron chi connectivity index (χ1n) is 9.38. The Hall–Kier alpha value is -2.29. The third-order valence-electron chi connectivity index (χ3n) is 4.38. The van der Waals surface area contributed by atoms with Gasteiger partial charge in [-0.25, -0.2) is 4.84 Å². The summed E-state index contributed by atoms with van der Waals surface area (Å²) in [6.07, 6.45) is -3.65. The Labute approximate surface area is 178 Å². The van der Waals surface area contributed by atoms with Crippen molar-refractivity contribution in [3.05, 3.63) is 65.2 Å². The molecule has 0 heterocycles. The molecule has 1 amide bonds. The molecule has 0 aromatic heterocycles. The van der Waals surface area contributed by atoms with Crippen LogP contribution in [0.1, 0.15) is 23.6 Å². The zero-order valence-corrected chi connectivity index (χ0v) is 17.1. The van der Waals surface area contributed by atoms with Gasteiger partial charge in [-0.15, -0.1) is 0 Å². The molecule has 0 aliphatic heterocycles. The number of rotatable bonds is 10. The molecule has 0 aliphatic rings. The molecule has 3 N–H and O–H groups in total. The van der Waals surface area contributed by atoms with Crippen LogP contribution in [-0.2, 0) is 23.8 Å². The molecular formula is C21H24ClF3N2O3. The number of hydrogen-bond donors (Lipinski definition) is 3. The van der Waals surface area contributed by atoms with Gasteiger partial charge in [0.1, 0.15) is 18.4 Å². The molecule has 0 saturated carbocycles. The Morgan fingerprint density at radius 1 is 1.07 bits per heavy atom. The summed E-state index contributed by atoms with van der Waals surface area (Å²) < 4.78 is 43.2. The molecule has 2 unspecified atom stereocenters. The first kappa shape index (κ1) is 24.0. The summed E-state index contributed by atoms with van der Waals surface area (Å²) in [6, 6.07) is 11.0. The summed E-state index contributed by atoms with van der Waals surface area (Å²) in [5.41, 5.74) is 0.835. The zero-order valence-electron chi connectivity index (χ0n) is 16.4. The van der Waals surface area contributed by atoms with E-state index in [1.165, 1.54) is 12.1 Å². The quantitative estimate of drug-likeness (QED) is 0.491. The Balaban J connectivity index is 1.89. The summed E-state index contributed by atoms with van der Waals surface area (Å²) in [7, 11) is 0. The van der Waals surface area contributed by atoms with Crippen molar-refractivity contribution < 1.29 is 27.8 Å². The van der Waals surface area contributed by atoms with Crippen molar-refractivity contribution in [3.63, 3.8) is 0 Å². The van der Waals surface area contributed by atoms with Crippen molar-refractivity contribution in [2.24, 2.45) is 0 Å². The minimum absolute atomic E-state index is 0.0785. The average molecular weight is 445 g/mol. The molecule has 30 heavy (non-hydrogen) atoms. The maximum absolute atomic E-state index is 12.6. The van der Waals surface area contributed by atoms with E-state index in [4.69, 9.17) is 21.6 Å². The summed E-state index contributed by atoms with van der Waals surface area (Å²) in [5.74, 6) is 0.294. The van der Waals surface area contributed by atoms with Crippen LogP contribution >= 0.6 is 11.8 Å². The van der Waals surface area contributed by atoms with Gasteiger partial charge in [0, 0.05) is 6.04 Å². The third kappa shape index (κ3) is 7.51. The summed E-state index contributed by atoms with van der Waals surface area (Å²) >= 11 is 5.75. The number of carbonyl (C=O) groups is 1. The summed E-state index contributed by atoms with van der Waals surface area (Å²) in [6.45, 7) is 1.89.